The van der Waals surface area contributed by atoms with Crippen LogP contribution in [0.2, 0.25) is 0 Å². The molecular formula is C18H28N2. The van der Waals surface area contributed by atoms with Gasteiger partial charge in [-0.1, -0.05) is 37.1 Å². The molecule has 1 aromatic rings. The summed E-state index contributed by atoms with van der Waals surface area (Å²) in [5.41, 5.74) is 9.56. The molecule has 1 saturated heterocycles. The lowest BCUT2D eigenvalue weighted by Crippen LogP contribution is -2.47. The van der Waals surface area contributed by atoms with Crippen LogP contribution < -0.4 is 5.73 Å². The maximum absolute atomic E-state index is 6.69. The van der Waals surface area contributed by atoms with Crippen LogP contribution in [0.15, 0.2) is 24.3 Å². The first kappa shape index (κ1) is 14.1. The van der Waals surface area contributed by atoms with Crippen molar-refractivity contribution in [3.63, 3.8) is 0 Å². The Morgan fingerprint density at radius 1 is 1.05 bits per heavy atom. The maximum atomic E-state index is 6.69. The Morgan fingerprint density at radius 3 is 2.80 bits per heavy atom. The number of aryl methyl sites for hydroxylation is 1. The van der Waals surface area contributed by atoms with Gasteiger partial charge in [-0.2, -0.15) is 0 Å². The molecule has 0 saturated carbocycles. The van der Waals surface area contributed by atoms with Crippen molar-refractivity contribution in [1.82, 2.24) is 4.90 Å². The largest absolute Gasteiger partial charge is 0.323 e. The predicted octanol–water partition coefficient (Wildman–Crippen LogP) is 3.66. The second-order valence-electron chi connectivity index (χ2n) is 6.62. The van der Waals surface area contributed by atoms with Crippen molar-refractivity contribution in [1.29, 1.82) is 0 Å². The highest BCUT2D eigenvalue weighted by molar-refractivity contribution is 5.32. The predicted molar refractivity (Wildman–Crippen MR) is 84.7 cm³/mol. The smallest absolute Gasteiger partial charge is 0.0455 e. The molecule has 3 unspecified atom stereocenters. The molecule has 1 aliphatic heterocycles. The highest BCUT2D eigenvalue weighted by atomic mass is 15.2. The third kappa shape index (κ3) is 2.77. The molecule has 3 rings (SSSR count). The van der Waals surface area contributed by atoms with Crippen molar-refractivity contribution in [3.8, 4) is 0 Å². The summed E-state index contributed by atoms with van der Waals surface area (Å²) in [6, 6.07) is 10.2. The molecule has 2 heteroatoms. The van der Waals surface area contributed by atoms with Crippen LogP contribution >= 0.6 is 0 Å². The molecule has 110 valence electrons. The first-order chi connectivity index (χ1) is 9.77. The monoisotopic (exact) mass is 272 g/mol. The number of nitrogens with zero attached hydrogens (tertiary/aromatic N) is 1. The molecule has 1 aromatic carbocycles. The fourth-order valence-electron chi connectivity index (χ4n) is 4.14. The minimum Gasteiger partial charge on any atom is -0.323 e. The summed E-state index contributed by atoms with van der Waals surface area (Å²) in [5.74, 6) is 0. The first-order valence-electron chi connectivity index (χ1n) is 8.36. The third-order valence-corrected chi connectivity index (χ3v) is 5.31. The number of nitrogens with two attached hydrogens (primary N) is 1. The SMILES string of the molecule is CC1CCCCCN1C1CCCc2ccccc2C1N. The summed E-state index contributed by atoms with van der Waals surface area (Å²) in [6.07, 6.45) is 9.18. The van der Waals surface area contributed by atoms with Gasteiger partial charge in [-0.25, -0.2) is 0 Å². The van der Waals surface area contributed by atoms with Gasteiger partial charge >= 0.3 is 0 Å². The minimum atomic E-state index is 0.189. The van der Waals surface area contributed by atoms with Gasteiger partial charge in [-0.15, -0.1) is 0 Å². The second-order valence-corrected chi connectivity index (χ2v) is 6.62. The minimum absolute atomic E-state index is 0.189. The van der Waals surface area contributed by atoms with Crippen molar-refractivity contribution in [2.24, 2.45) is 5.73 Å². The van der Waals surface area contributed by atoms with Crippen LogP contribution in [0.3, 0.4) is 0 Å². The molecule has 2 aliphatic rings. The van der Waals surface area contributed by atoms with Crippen molar-refractivity contribution >= 4 is 0 Å². The van der Waals surface area contributed by atoms with E-state index in [1.807, 2.05) is 0 Å². The van der Waals surface area contributed by atoms with E-state index in [0.29, 0.717) is 12.1 Å². The molecule has 0 aromatic heterocycles. The highest BCUT2D eigenvalue weighted by Gasteiger charge is 2.32. The molecular weight excluding hydrogens is 244 g/mol. The van der Waals surface area contributed by atoms with E-state index >= 15 is 0 Å². The van der Waals surface area contributed by atoms with E-state index < -0.39 is 0 Å². The van der Waals surface area contributed by atoms with Crippen LogP contribution in [0.25, 0.3) is 0 Å². The average molecular weight is 272 g/mol. The molecule has 2 nitrogen and oxygen atoms in total. The number of rotatable bonds is 1. The van der Waals surface area contributed by atoms with Gasteiger partial charge in [0.15, 0.2) is 0 Å². The summed E-state index contributed by atoms with van der Waals surface area (Å²) < 4.78 is 0. The molecule has 20 heavy (non-hydrogen) atoms. The van der Waals surface area contributed by atoms with Gasteiger partial charge in [0.2, 0.25) is 0 Å². The Hall–Kier alpha value is -0.860. The van der Waals surface area contributed by atoms with E-state index in [-0.39, 0.29) is 6.04 Å². The number of likely N-dealkylation sites (tertiary alicyclic amines) is 1. The molecule has 0 radical (unpaired) electrons. The standard InChI is InChI=1S/C18H28N2/c1-14-8-3-2-6-13-20(14)17-12-7-10-15-9-4-5-11-16(15)18(17)19/h4-5,9,11,14,17-18H,2-3,6-8,10,12-13,19H2,1H3. The third-order valence-electron chi connectivity index (χ3n) is 5.31. The van der Waals surface area contributed by atoms with E-state index in [1.165, 1.54) is 62.6 Å². The van der Waals surface area contributed by atoms with Crippen LogP contribution in [0, 0.1) is 0 Å². The zero-order valence-electron chi connectivity index (χ0n) is 12.7. The Kier molecular flexibility index (Phi) is 4.42. The molecule has 1 heterocycles. The van der Waals surface area contributed by atoms with Crippen molar-refractivity contribution < 1.29 is 0 Å². The van der Waals surface area contributed by atoms with Crippen LogP contribution in [-0.2, 0) is 6.42 Å². The van der Waals surface area contributed by atoms with Crippen LogP contribution in [-0.4, -0.2) is 23.5 Å². The number of hydrogen-bond acceptors (Lipinski definition) is 2. The van der Waals surface area contributed by atoms with Gasteiger partial charge < -0.3 is 5.73 Å². The second kappa shape index (κ2) is 6.28. The summed E-state index contributed by atoms with van der Waals surface area (Å²) in [7, 11) is 0. The van der Waals surface area contributed by atoms with Crippen molar-refractivity contribution in [3.05, 3.63) is 35.4 Å². The van der Waals surface area contributed by atoms with Crippen LogP contribution in [0.5, 0.6) is 0 Å². The Morgan fingerprint density at radius 2 is 1.90 bits per heavy atom. The zero-order valence-corrected chi connectivity index (χ0v) is 12.7. The number of benzene rings is 1. The fraction of sp³-hybridized carbons (Fsp3) is 0.667. The van der Waals surface area contributed by atoms with Crippen molar-refractivity contribution in [2.75, 3.05) is 6.54 Å². The zero-order chi connectivity index (χ0) is 13.9. The van der Waals surface area contributed by atoms with Gasteiger partial charge in [-0.3, -0.25) is 4.90 Å². The van der Waals surface area contributed by atoms with E-state index in [2.05, 4.69) is 36.1 Å². The summed E-state index contributed by atoms with van der Waals surface area (Å²) in [4.78, 5) is 2.72. The Labute approximate surface area is 123 Å². The summed E-state index contributed by atoms with van der Waals surface area (Å²) >= 11 is 0. The summed E-state index contributed by atoms with van der Waals surface area (Å²) in [5, 5.41) is 0. The lowest BCUT2D eigenvalue weighted by Gasteiger charge is -2.38. The molecule has 0 amide bonds. The topological polar surface area (TPSA) is 29.3 Å². The van der Waals surface area contributed by atoms with Gasteiger partial charge in [0, 0.05) is 18.1 Å². The van der Waals surface area contributed by atoms with E-state index in [1.54, 1.807) is 0 Å². The number of fused-ring (bicyclic) bond motifs is 1. The Bertz CT molecular complexity index is 443. The fourth-order valence-corrected chi connectivity index (χ4v) is 4.14. The van der Waals surface area contributed by atoms with Crippen LogP contribution in [0.4, 0.5) is 0 Å². The van der Waals surface area contributed by atoms with Gasteiger partial charge in [0.05, 0.1) is 0 Å². The van der Waals surface area contributed by atoms with Gasteiger partial charge in [0.1, 0.15) is 0 Å². The molecule has 0 spiro atoms. The molecule has 1 fully saturated rings. The van der Waals surface area contributed by atoms with E-state index in [4.69, 9.17) is 5.73 Å². The van der Waals surface area contributed by atoms with Gasteiger partial charge in [-0.05, 0) is 56.7 Å². The maximum Gasteiger partial charge on any atom is 0.0455 e. The normalized spacial score (nSPS) is 32.2. The Balaban J connectivity index is 1.86. The lowest BCUT2D eigenvalue weighted by molar-refractivity contribution is 0.119. The number of hydrogen-bond donors (Lipinski definition) is 1. The van der Waals surface area contributed by atoms with Crippen molar-refractivity contribution in [2.45, 2.75) is 70.0 Å². The molecule has 3 atom stereocenters. The van der Waals surface area contributed by atoms with E-state index in [0.717, 1.165) is 0 Å². The highest BCUT2D eigenvalue weighted by Crippen LogP contribution is 2.33. The van der Waals surface area contributed by atoms with Crippen LogP contribution in [0.1, 0.15) is 62.6 Å². The molecule has 2 N–H and O–H groups in total. The quantitative estimate of drug-likeness (QED) is 0.791. The van der Waals surface area contributed by atoms with Gasteiger partial charge in [0.25, 0.3) is 0 Å². The molecule has 1 aliphatic carbocycles. The molecule has 0 bridgehead atoms. The van der Waals surface area contributed by atoms with E-state index in [9.17, 15) is 0 Å². The first-order valence-corrected chi connectivity index (χ1v) is 8.36. The summed E-state index contributed by atoms with van der Waals surface area (Å²) in [6.45, 7) is 3.64. The average Bonchev–Trinajstić information content (AvgIpc) is 2.76. The lowest BCUT2D eigenvalue weighted by atomic mass is 9.95.